The van der Waals surface area contributed by atoms with E-state index in [0.29, 0.717) is 6.61 Å². The fraction of sp³-hybridized carbons (Fsp3) is 1.00. The molecule has 0 bridgehead atoms. The van der Waals surface area contributed by atoms with Crippen LogP contribution >= 0.6 is 0 Å². The van der Waals surface area contributed by atoms with Crippen LogP contribution in [0.1, 0.15) is 48.5 Å². The van der Waals surface area contributed by atoms with Crippen molar-refractivity contribution >= 4 is 8.32 Å². The van der Waals surface area contributed by atoms with Gasteiger partial charge in [0.1, 0.15) is 12.2 Å². The molecule has 1 rings (SSSR count). The average Bonchev–Trinajstić information content (AvgIpc) is 2.41. The van der Waals surface area contributed by atoms with Crippen LogP contribution in [0.25, 0.3) is 0 Å². The van der Waals surface area contributed by atoms with Crippen LogP contribution in [-0.2, 0) is 13.9 Å². The van der Waals surface area contributed by atoms with Crippen molar-refractivity contribution in [2.75, 3.05) is 6.61 Å². The van der Waals surface area contributed by atoms with Gasteiger partial charge in [-0.1, -0.05) is 20.8 Å². The zero-order valence-corrected chi connectivity index (χ0v) is 15.5. The Kier molecular flexibility index (Phi) is 4.85. The molecule has 0 aromatic heterocycles. The lowest BCUT2D eigenvalue weighted by atomic mass is 9.97. The van der Waals surface area contributed by atoms with E-state index in [2.05, 4.69) is 33.9 Å². The zero-order valence-electron chi connectivity index (χ0n) is 14.5. The van der Waals surface area contributed by atoms with Crippen LogP contribution in [0.15, 0.2) is 0 Å². The summed E-state index contributed by atoms with van der Waals surface area (Å²) in [5, 5.41) is 10.6. The molecule has 0 radical (unpaired) electrons. The SMILES string of the molecule is CC1(C)O[C@H]([C@H](O)CO[Si](C)(C)C(C)(C)C)C(C)(C)O1. The Balaban J connectivity index is 2.67. The first-order valence-electron chi connectivity index (χ1n) is 7.38. The van der Waals surface area contributed by atoms with Gasteiger partial charge >= 0.3 is 0 Å². The lowest BCUT2D eigenvalue weighted by molar-refractivity contribution is -0.163. The zero-order chi connectivity index (χ0) is 16.0. The largest absolute Gasteiger partial charge is 0.414 e. The molecule has 1 aliphatic heterocycles. The fourth-order valence-electron chi connectivity index (χ4n) is 2.30. The molecule has 1 saturated heterocycles. The Hall–Kier alpha value is 0.0569. The van der Waals surface area contributed by atoms with Crippen LogP contribution in [0.3, 0.4) is 0 Å². The van der Waals surface area contributed by atoms with Gasteiger partial charge in [-0.15, -0.1) is 0 Å². The minimum Gasteiger partial charge on any atom is -0.414 e. The molecule has 0 aromatic rings. The van der Waals surface area contributed by atoms with Crippen molar-refractivity contribution in [3.63, 3.8) is 0 Å². The van der Waals surface area contributed by atoms with E-state index in [4.69, 9.17) is 13.9 Å². The number of rotatable bonds is 4. The molecule has 0 unspecified atom stereocenters. The van der Waals surface area contributed by atoms with Crippen LogP contribution in [-0.4, -0.2) is 43.6 Å². The molecular formula is C15H32O4Si. The third-order valence-electron chi connectivity index (χ3n) is 4.38. The summed E-state index contributed by atoms with van der Waals surface area (Å²) < 4.78 is 17.8. The van der Waals surface area contributed by atoms with Gasteiger partial charge in [0.2, 0.25) is 0 Å². The van der Waals surface area contributed by atoms with E-state index < -0.39 is 25.8 Å². The van der Waals surface area contributed by atoms with Crippen molar-refractivity contribution in [2.45, 2.75) is 90.2 Å². The van der Waals surface area contributed by atoms with Gasteiger partial charge < -0.3 is 19.0 Å². The van der Waals surface area contributed by atoms with Gasteiger partial charge in [0.05, 0.1) is 12.2 Å². The number of aliphatic hydroxyl groups excluding tert-OH is 1. The van der Waals surface area contributed by atoms with Crippen molar-refractivity contribution < 1.29 is 19.0 Å². The van der Waals surface area contributed by atoms with E-state index in [1.165, 1.54) is 0 Å². The van der Waals surface area contributed by atoms with Crippen LogP contribution < -0.4 is 0 Å². The summed E-state index contributed by atoms with van der Waals surface area (Å²) >= 11 is 0. The predicted octanol–water partition coefficient (Wildman–Crippen LogP) is 3.30. The standard InChI is InChI=1S/C15H32O4Si/c1-13(2,3)20(8,9)17-10-11(16)12-14(4,5)19-15(6,7)18-12/h11-12,16H,10H2,1-9H3/t11-,12-/m1/s1. The first-order valence-corrected chi connectivity index (χ1v) is 10.3. The molecule has 0 amide bonds. The molecule has 1 fully saturated rings. The van der Waals surface area contributed by atoms with Gasteiger partial charge in [-0.25, -0.2) is 0 Å². The molecule has 20 heavy (non-hydrogen) atoms. The smallest absolute Gasteiger partial charge is 0.192 e. The highest BCUT2D eigenvalue weighted by Crippen LogP contribution is 2.39. The van der Waals surface area contributed by atoms with Gasteiger partial charge in [0.25, 0.3) is 0 Å². The molecule has 0 spiro atoms. The maximum Gasteiger partial charge on any atom is 0.192 e. The lowest BCUT2D eigenvalue weighted by Crippen LogP contribution is -2.48. The van der Waals surface area contributed by atoms with Crippen molar-refractivity contribution in [3.05, 3.63) is 0 Å². The van der Waals surface area contributed by atoms with E-state index in [-0.39, 0.29) is 11.1 Å². The van der Waals surface area contributed by atoms with Crippen LogP contribution in [0.4, 0.5) is 0 Å². The highest BCUT2D eigenvalue weighted by molar-refractivity contribution is 6.74. The molecule has 5 heteroatoms. The Bertz CT molecular complexity index is 344. The minimum absolute atomic E-state index is 0.133. The average molecular weight is 305 g/mol. The molecule has 0 aliphatic carbocycles. The summed E-state index contributed by atoms with van der Waals surface area (Å²) in [4.78, 5) is 0. The second-order valence-corrected chi connectivity index (χ2v) is 13.1. The van der Waals surface area contributed by atoms with E-state index in [1.54, 1.807) is 0 Å². The Morgan fingerprint density at radius 1 is 1.20 bits per heavy atom. The van der Waals surface area contributed by atoms with Crippen LogP contribution in [0.5, 0.6) is 0 Å². The van der Waals surface area contributed by atoms with E-state index >= 15 is 0 Å². The van der Waals surface area contributed by atoms with Gasteiger partial charge in [0.15, 0.2) is 14.1 Å². The van der Waals surface area contributed by atoms with E-state index in [9.17, 15) is 5.11 Å². The summed E-state index contributed by atoms with van der Waals surface area (Å²) in [5.74, 6) is -0.661. The lowest BCUT2D eigenvalue weighted by Gasteiger charge is -2.38. The highest BCUT2D eigenvalue weighted by atomic mass is 28.4. The summed E-state index contributed by atoms with van der Waals surface area (Å²) in [5.41, 5.74) is -0.514. The van der Waals surface area contributed by atoms with Crippen molar-refractivity contribution in [1.29, 1.82) is 0 Å². The number of hydrogen-bond donors (Lipinski definition) is 1. The third-order valence-corrected chi connectivity index (χ3v) is 8.88. The topological polar surface area (TPSA) is 47.9 Å². The van der Waals surface area contributed by atoms with E-state index in [0.717, 1.165) is 0 Å². The normalized spacial score (nSPS) is 27.6. The Labute approximate surface area is 124 Å². The Morgan fingerprint density at radius 2 is 1.70 bits per heavy atom. The Morgan fingerprint density at radius 3 is 2.05 bits per heavy atom. The minimum atomic E-state index is -1.86. The molecule has 0 aromatic carbocycles. The van der Waals surface area contributed by atoms with Crippen molar-refractivity contribution in [2.24, 2.45) is 0 Å². The molecule has 120 valence electrons. The van der Waals surface area contributed by atoms with Gasteiger partial charge in [0, 0.05) is 0 Å². The molecule has 1 heterocycles. The van der Waals surface area contributed by atoms with Gasteiger partial charge in [-0.05, 0) is 45.8 Å². The van der Waals surface area contributed by atoms with Crippen LogP contribution in [0.2, 0.25) is 18.1 Å². The van der Waals surface area contributed by atoms with Gasteiger partial charge in [-0.3, -0.25) is 0 Å². The highest BCUT2D eigenvalue weighted by Gasteiger charge is 2.50. The summed E-state index contributed by atoms with van der Waals surface area (Å²) in [6, 6.07) is 0. The van der Waals surface area contributed by atoms with Crippen LogP contribution in [0, 0.1) is 0 Å². The predicted molar refractivity (Wildman–Crippen MR) is 83.3 cm³/mol. The maximum absolute atomic E-state index is 10.4. The van der Waals surface area contributed by atoms with Gasteiger partial charge in [-0.2, -0.15) is 0 Å². The molecule has 2 atom stereocenters. The maximum atomic E-state index is 10.4. The molecule has 1 N–H and O–H groups in total. The quantitative estimate of drug-likeness (QED) is 0.810. The molecule has 0 saturated carbocycles. The summed E-state index contributed by atoms with van der Waals surface area (Å²) in [7, 11) is -1.86. The third kappa shape index (κ3) is 4.04. The van der Waals surface area contributed by atoms with Crippen molar-refractivity contribution in [3.8, 4) is 0 Å². The summed E-state index contributed by atoms with van der Waals surface area (Å²) in [6.45, 7) is 18.9. The fourth-order valence-corrected chi connectivity index (χ4v) is 3.32. The first-order chi connectivity index (χ1) is 8.68. The number of ether oxygens (including phenoxy) is 2. The molecule has 4 nitrogen and oxygen atoms in total. The second kappa shape index (κ2) is 5.36. The van der Waals surface area contributed by atoms with E-state index in [1.807, 2.05) is 27.7 Å². The first kappa shape index (κ1) is 18.1. The summed E-state index contributed by atoms with van der Waals surface area (Å²) in [6.07, 6.45) is -1.05. The number of hydrogen-bond acceptors (Lipinski definition) is 4. The number of aliphatic hydroxyl groups is 1. The molecule has 1 aliphatic rings. The second-order valence-electron chi connectivity index (χ2n) is 8.28. The molecular weight excluding hydrogens is 272 g/mol. The van der Waals surface area contributed by atoms with Crippen molar-refractivity contribution in [1.82, 2.24) is 0 Å². The monoisotopic (exact) mass is 304 g/mol.